The molecule has 18 heavy (non-hydrogen) atoms. The number of hydrogen-bond donors (Lipinski definition) is 2. The number of carboxylic acid groups (broad SMARTS) is 1. The lowest BCUT2D eigenvalue weighted by Gasteiger charge is -2.09. The van der Waals surface area contributed by atoms with Gasteiger partial charge in [0.15, 0.2) is 0 Å². The lowest BCUT2D eigenvalue weighted by atomic mass is 10.0. The zero-order valence-electron chi connectivity index (χ0n) is 11.4. The molecule has 0 rings (SSSR count). The maximum atomic E-state index is 11.3. The van der Waals surface area contributed by atoms with Crippen LogP contribution < -0.4 is 0 Å². The highest BCUT2D eigenvalue weighted by molar-refractivity contribution is 5.82. The molecule has 0 spiro atoms. The van der Waals surface area contributed by atoms with Crippen LogP contribution in [-0.4, -0.2) is 28.1 Å². The molecule has 2 N–H and O–H groups in total. The van der Waals surface area contributed by atoms with Crippen molar-refractivity contribution in [3.05, 3.63) is 0 Å². The van der Waals surface area contributed by atoms with Gasteiger partial charge in [0, 0.05) is 12.8 Å². The second kappa shape index (κ2) is 11.2. The average Bonchev–Trinajstić information content (AvgIpc) is 2.31. The Balaban J connectivity index is 3.43. The third-order valence-electron chi connectivity index (χ3n) is 2.97. The summed E-state index contributed by atoms with van der Waals surface area (Å²) in [4.78, 5) is 21.6. The SMILES string of the molecule is CCCCCCCCC(O)CC(=O)CCC(=O)O. The molecule has 4 nitrogen and oxygen atoms in total. The van der Waals surface area contributed by atoms with Gasteiger partial charge < -0.3 is 10.2 Å². The number of ketones is 1. The largest absolute Gasteiger partial charge is 0.481 e. The summed E-state index contributed by atoms with van der Waals surface area (Å²) in [6.45, 7) is 2.17. The molecule has 0 aromatic carbocycles. The molecule has 0 fully saturated rings. The third kappa shape index (κ3) is 11.6. The molecular formula is C14H26O4. The van der Waals surface area contributed by atoms with Crippen LogP contribution in [-0.2, 0) is 9.59 Å². The van der Waals surface area contributed by atoms with Gasteiger partial charge in [-0.3, -0.25) is 9.59 Å². The highest BCUT2D eigenvalue weighted by Crippen LogP contribution is 2.11. The number of unbranched alkanes of at least 4 members (excludes halogenated alkanes) is 5. The number of carbonyl (C=O) groups excluding carboxylic acids is 1. The molecule has 0 saturated heterocycles. The molecule has 0 aliphatic carbocycles. The molecule has 1 atom stereocenters. The molecule has 0 heterocycles. The first-order chi connectivity index (χ1) is 8.56. The summed E-state index contributed by atoms with van der Waals surface area (Å²) < 4.78 is 0. The van der Waals surface area contributed by atoms with Gasteiger partial charge in [0.25, 0.3) is 0 Å². The lowest BCUT2D eigenvalue weighted by Crippen LogP contribution is -2.14. The first-order valence-electron chi connectivity index (χ1n) is 6.97. The number of carbonyl (C=O) groups is 2. The zero-order valence-corrected chi connectivity index (χ0v) is 11.4. The highest BCUT2D eigenvalue weighted by Gasteiger charge is 2.11. The fourth-order valence-electron chi connectivity index (χ4n) is 1.87. The van der Waals surface area contributed by atoms with Gasteiger partial charge in [-0.05, 0) is 6.42 Å². The number of Topliss-reactive ketones (excluding diaryl/α,β-unsaturated/α-hetero) is 1. The summed E-state index contributed by atoms with van der Waals surface area (Å²) in [5.41, 5.74) is 0. The van der Waals surface area contributed by atoms with E-state index in [1.807, 2.05) is 0 Å². The second-order valence-electron chi connectivity index (χ2n) is 4.85. The van der Waals surface area contributed by atoms with Crippen molar-refractivity contribution >= 4 is 11.8 Å². The van der Waals surface area contributed by atoms with E-state index >= 15 is 0 Å². The van der Waals surface area contributed by atoms with Gasteiger partial charge in [0.2, 0.25) is 0 Å². The summed E-state index contributed by atoms with van der Waals surface area (Å²) in [6, 6.07) is 0. The molecule has 0 aliphatic heterocycles. The second-order valence-corrected chi connectivity index (χ2v) is 4.85. The quantitative estimate of drug-likeness (QED) is 0.528. The third-order valence-corrected chi connectivity index (χ3v) is 2.97. The standard InChI is InChI=1S/C14H26O4/c1-2-3-4-5-6-7-8-12(15)11-13(16)9-10-14(17)18/h12,15H,2-11H2,1H3,(H,17,18). The van der Waals surface area contributed by atoms with Crippen LogP contribution in [0.2, 0.25) is 0 Å². The van der Waals surface area contributed by atoms with E-state index in [-0.39, 0.29) is 25.0 Å². The maximum absolute atomic E-state index is 11.3. The molecule has 1 unspecified atom stereocenters. The Labute approximate surface area is 109 Å². The van der Waals surface area contributed by atoms with E-state index in [0.717, 1.165) is 12.8 Å². The zero-order chi connectivity index (χ0) is 13.8. The Morgan fingerprint density at radius 3 is 2.22 bits per heavy atom. The topological polar surface area (TPSA) is 74.6 Å². The molecule has 0 aliphatic rings. The van der Waals surface area contributed by atoms with E-state index in [2.05, 4.69) is 6.92 Å². The Bertz CT molecular complexity index is 238. The fraction of sp³-hybridized carbons (Fsp3) is 0.857. The fourth-order valence-corrected chi connectivity index (χ4v) is 1.87. The van der Waals surface area contributed by atoms with Crippen molar-refractivity contribution in [1.29, 1.82) is 0 Å². The number of aliphatic hydroxyl groups is 1. The molecule has 0 bridgehead atoms. The summed E-state index contributed by atoms with van der Waals surface area (Å²) in [5.74, 6) is -1.12. The van der Waals surface area contributed by atoms with Crippen LogP contribution in [0.25, 0.3) is 0 Å². The molecular weight excluding hydrogens is 232 g/mol. The van der Waals surface area contributed by atoms with Crippen LogP contribution in [0.3, 0.4) is 0 Å². The van der Waals surface area contributed by atoms with Gasteiger partial charge in [0.1, 0.15) is 5.78 Å². The predicted octanol–water partition coefficient (Wildman–Crippen LogP) is 2.92. The van der Waals surface area contributed by atoms with Crippen molar-refractivity contribution in [2.45, 2.75) is 77.2 Å². The molecule has 106 valence electrons. The first kappa shape index (κ1) is 17.1. The van der Waals surface area contributed by atoms with Crippen LogP contribution in [0, 0.1) is 0 Å². The first-order valence-corrected chi connectivity index (χ1v) is 6.97. The van der Waals surface area contributed by atoms with Crippen LogP contribution in [0.4, 0.5) is 0 Å². The summed E-state index contributed by atoms with van der Waals surface area (Å²) in [5, 5.41) is 18.0. The van der Waals surface area contributed by atoms with E-state index in [0.29, 0.717) is 6.42 Å². The van der Waals surface area contributed by atoms with Gasteiger partial charge in [-0.25, -0.2) is 0 Å². The molecule has 0 radical (unpaired) electrons. The van der Waals surface area contributed by atoms with Crippen LogP contribution >= 0.6 is 0 Å². The van der Waals surface area contributed by atoms with Crippen molar-refractivity contribution in [3.8, 4) is 0 Å². The predicted molar refractivity (Wildman–Crippen MR) is 70.5 cm³/mol. The van der Waals surface area contributed by atoms with Crippen LogP contribution in [0.1, 0.15) is 71.1 Å². The highest BCUT2D eigenvalue weighted by atomic mass is 16.4. The Morgan fingerprint density at radius 2 is 1.61 bits per heavy atom. The minimum Gasteiger partial charge on any atom is -0.481 e. The minimum atomic E-state index is -0.964. The number of hydrogen-bond acceptors (Lipinski definition) is 3. The van der Waals surface area contributed by atoms with E-state index in [9.17, 15) is 14.7 Å². The Hall–Kier alpha value is -0.900. The summed E-state index contributed by atoms with van der Waals surface area (Å²) in [6.07, 6.45) is 6.99. The van der Waals surface area contributed by atoms with Crippen molar-refractivity contribution in [3.63, 3.8) is 0 Å². The van der Waals surface area contributed by atoms with E-state index in [1.54, 1.807) is 0 Å². The van der Waals surface area contributed by atoms with Gasteiger partial charge in [0.05, 0.1) is 12.5 Å². The van der Waals surface area contributed by atoms with Crippen molar-refractivity contribution in [1.82, 2.24) is 0 Å². The van der Waals surface area contributed by atoms with Crippen LogP contribution in [0.5, 0.6) is 0 Å². The molecule has 0 aromatic rings. The molecule has 0 amide bonds. The Morgan fingerprint density at radius 1 is 1.00 bits per heavy atom. The summed E-state index contributed by atoms with van der Waals surface area (Å²) >= 11 is 0. The molecule has 0 saturated carbocycles. The number of rotatable bonds is 12. The van der Waals surface area contributed by atoms with Crippen molar-refractivity contribution in [2.75, 3.05) is 0 Å². The number of aliphatic hydroxyl groups excluding tert-OH is 1. The molecule has 4 heteroatoms. The average molecular weight is 258 g/mol. The van der Waals surface area contributed by atoms with Crippen molar-refractivity contribution < 1.29 is 19.8 Å². The Kier molecular flexibility index (Phi) is 10.6. The van der Waals surface area contributed by atoms with E-state index in [1.165, 1.54) is 25.7 Å². The number of carboxylic acids is 1. The van der Waals surface area contributed by atoms with Gasteiger partial charge in [-0.15, -0.1) is 0 Å². The van der Waals surface area contributed by atoms with Gasteiger partial charge >= 0.3 is 5.97 Å². The number of aliphatic carboxylic acids is 1. The van der Waals surface area contributed by atoms with E-state index in [4.69, 9.17) is 5.11 Å². The summed E-state index contributed by atoms with van der Waals surface area (Å²) in [7, 11) is 0. The normalized spacial score (nSPS) is 12.3. The van der Waals surface area contributed by atoms with Crippen molar-refractivity contribution in [2.24, 2.45) is 0 Å². The van der Waals surface area contributed by atoms with Gasteiger partial charge in [-0.2, -0.15) is 0 Å². The lowest BCUT2D eigenvalue weighted by molar-refractivity contribution is -0.138. The minimum absolute atomic E-state index is 0.0306. The smallest absolute Gasteiger partial charge is 0.303 e. The van der Waals surface area contributed by atoms with Crippen LogP contribution in [0.15, 0.2) is 0 Å². The van der Waals surface area contributed by atoms with E-state index < -0.39 is 12.1 Å². The van der Waals surface area contributed by atoms with Gasteiger partial charge in [-0.1, -0.05) is 45.4 Å². The molecule has 0 aromatic heterocycles. The maximum Gasteiger partial charge on any atom is 0.303 e. The monoisotopic (exact) mass is 258 g/mol.